The molecule has 2 N–H and O–H groups in total. The lowest BCUT2D eigenvalue weighted by molar-refractivity contribution is 0.414. The summed E-state index contributed by atoms with van der Waals surface area (Å²) in [7, 11) is 1.66. The van der Waals surface area contributed by atoms with Crippen LogP contribution in [0.4, 0.5) is 0 Å². The maximum Gasteiger partial charge on any atom is 0.191 e. The third kappa shape index (κ3) is 5.79. The largest absolute Gasteiger partial charge is 0.497 e. The van der Waals surface area contributed by atoms with E-state index in [1.165, 1.54) is 0 Å². The summed E-state index contributed by atoms with van der Waals surface area (Å²) in [6, 6.07) is 11.6. The van der Waals surface area contributed by atoms with Crippen LogP contribution in [-0.4, -0.2) is 24.6 Å². The van der Waals surface area contributed by atoms with E-state index < -0.39 is 0 Å². The number of hydrogen-bond donors (Lipinski definition) is 2. The molecule has 0 spiro atoms. The third-order valence-corrected chi connectivity index (χ3v) is 3.40. The topological polar surface area (TPSA) is 58.5 Å². The Bertz CT molecular complexity index is 626. The van der Waals surface area contributed by atoms with E-state index in [1.54, 1.807) is 19.4 Å². The van der Waals surface area contributed by atoms with Crippen molar-refractivity contribution in [3.05, 3.63) is 58.9 Å². The maximum atomic E-state index is 5.78. The molecule has 0 bridgehead atoms. The summed E-state index contributed by atoms with van der Waals surface area (Å²) in [5.41, 5.74) is 2.17. The molecule has 0 atom stereocenters. The first kappa shape index (κ1) is 17.1. The van der Waals surface area contributed by atoms with Crippen molar-refractivity contribution < 1.29 is 4.74 Å². The average molecular weight is 333 g/mol. The zero-order chi connectivity index (χ0) is 16.5. The number of nitrogens with one attached hydrogen (secondary N) is 2. The van der Waals surface area contributed by atoms with Gasteiger partial charge < -0.3 is 15.4 Å². The number of aliphatic imine (C=N–C) groups is 1. The Labute approximate surface area is 141 Å². The quantitative estimate of drug-likeness (QED) is 0.485. The molecule has 1 aromatic carbocycles. The van der Waals surface area contributed by atoms with Gasteiger partial charge in [0, 0.05) is 19.3 Å². The molecule has 6 heteroatoms. The van der Waals surface area contributed by atoms with Crippen molar-refractivity contribution in [2.45, 2.75) is 20.0 Å². The number of rotatable bonds is 6. The van der Waals surface area contributed by atoms with Gasteiger partial charge in [0.15, 0.2) is 5.96 Å². The smallest absolute Gasteiger partial charge is 0.191 e. The molecule has 0 fully saturated rings. The fourth-order valence-corrected chi connectivity index (χ4v) is 2.05. The molecule has 122 valence electrons. The molecule has 1 aromatic heterocycles. The predicted octanol–water partition coefficient (Wildman–Crippen LogP) is 3.00. The van der Waals surface area contributed by atoms with Gasteiger partial charge in [-0.2, -0.15) is 0 Å². The minimum absolute atomic E-state index is 0.488. The van der Waals surface area contributed by atoms with Gasteiger partial charge >= 0.3 is 0 Å². The van der Waals surface area contributed by atoms with E-state index in [4.69, 9.17) is 16.3 Å². The van der Waals surface area contributed by atoms with Gasteiger partial charge in [-0.05, 0) is 36.2 Å². The molecular formula is C17H21ClN4O. The number of nitrogens with zero attached hydrogens (tertiary/aromatic N) is 2. The van der Waals surface area contributed by atoms with E-state index in [1.807, 2.05) is 37.3 Å². The number of hydrogen-bond acceptors (Lipinski definition) is 3. The van der Waals surface area contributed by atoms with Crippen LogP contribution in [0.15, 0.2) is 47.6 Å². The van der Waals surface area contributed by atoms with Gasteiger partial charge in [0.25, 0.3) is 0 Å². The SMILES string of the molecule is CCNC(=NCc1ccc(Cl)nc1)NCc1ccc(OC)cc1. The zero-order valence-electron chi connectivity index (χ0n) is 13.3. The number of aromatic nitrogens is 1. The Morgan fingerprint density at radius 1 is 1.13 bits per heavy atom. The lowest BCUT2D eigenvalue weighted by Crippen LogP contribution is -2.36. The monoisotopic (exact) mass is 332 g/mol. The number of ether oxygens (including phenoxy) is 1. The summed E-state index contributed by atoms with van der Waals surface area (Å²) >= 11 is 5.78. The summed E-state index contributed by atoms with van der Waals surface area (Å²) in [6.07, 6.45) is 1.73. The lowest BCUT2D eigenvalue weighted by atomic mass is 10.2. The van der Waals surface area contributed by atoms with Gasteiger partial charge in [-0.3, -0.25) is 0 Å². The Kier molecular flexibility index (Phi) is 6.69. The number of benzene rings is 1. The second kappa shape index (κ2) is 9.00. The third-order valence-electron chi connectivity index (χ3n) is 3.17. The summed E-state index contributed by atoms with van der Waals surface area (Å²) in [5.74, 6) is 1.61. The second-order valence-electron chi connectivity index (χ2n) is 4.89. The van der Waals surface area contributed by atoms with Gasteiger partial charge in [0.2, 0.25) is 0 Å². The molecule has 0 aliphatic carbocycles. The van der Waals surface area contributed by atoms with E-state index in [2.05, 4.69) is 20.6 Å². The van der Waals surface area contributed by atoms with Gasteiger partial charge in [-0.1, -0.05) is 29.8 Å². The number of methoxy groups -OCH3 is 1. The average Bonchev–Trinajstić information content (AvgIpc) is 2.59. The molecule has 1 heterocycles. The molecule has 0 amide bonds. The molecule has 2 rings (SSSR count). The second-order valence-corrected chi connectivity index (χ2v) is 5.27. The van der Waals surface area contributed by atoms with E-state index in [0.29, 0.717) is 18.2 Å². The molecular weight excluding hydrogens is 312 g/mol. The van der Waals surface area contributed by atoms with Crippen molar-refractivity contribution in [2.24, 2.45) is 4.99 Å². The minimum atomic E-state index is 0.488. The van der Waals surface area contributed by atoms with Crippen LogP contribution in [0.3, 0.4) is 0 Å². The molecule has 0 radical (unpaired) electrons. The molecule has 5 nitrogen and oxygen atoms in total. The van der Waals surface area contributed by atoms with Crippen LogP contribution in [0, 0.1) is 0 Å². The van der Waals surface area contributed by atoms with Crippen LogP contribution in [0.2, 0.25) is 5.15 Å². The highest BCUT2D eigenvalue weighted by Gasteiger charge is 2.00. The van der Waals surface area contributed by atoms with Crippen molar-refractivity contribution in [3.63, 3.8) is 0 Å². The van der Waals surface area contributed by atoms with Crippen LogP contribution in [0.25, 0.3) is 0 Å². The van der Waals surface area contributed by atoms with E-state index in [-0.39, 0.29) is 0 Å². The fourth-order valence-electron chi connectivity index (χ4n) is 1.94. The molecule has 0 aliphatic rings. The predicted molar refractivity (Wildman–Crippen MR) is 93.9 cm³/mol. The zero-order valence-corrected chi connectivity index (χ0v) is 14.1. The van der Waals surface area contributed by atoms with Crippen LogP contribution in [0.5, 0.6) is 5.75 Å². The summed E-state index contributed by atoms with van der Waals surface area (Å²) in [6.45, 7) is 4.07. The van der Waals surface area contributed by atoms with Crippen molar-refractivity contribution in [1.29, 1.82) is 0 Å². The van der Waals surface area contributed by atoms with Crippen LogP contribution < -0.4 is 15.4 Å². The first-order chi connectivity index (χ1) is 11.2. The minimum Gasteiger partial charge on any atom is -0.497 e. The van der Waals surface area contributed by atoms with Crippen molar-refractivity contribution in [3.8, 4) is 5.75 Å². The van der Waals surface area contributed by atoms with E-state index >= 15 is 0 Å². The van der Waals surface area contributed by atoms with E-state index in [0.717, 1.165) is 29.4 Å². The first-order valence-electron chi connectivity index (χ1n) is 7.47. The van der Waals surface area contributed by atoms with Crippen molar-refractivity contribution in [2.75, 3.05) is 13.7 Å². The van der Waals surface area contributed by atoms with Gasteiger partial charge in [0.05, 0.1) is 13.7 Å². The molecule has 0 saturated carbocycles. The highest BCUT2D eigenvalue weighted by molar-refractivity contribution is 6.29. The molecule has 0 unspecified atom stereocenters. The van der Waals surface area contributed by atoms with Crippen molar-refractivity contribution >= 4 is 17.6 Å². The Hall–Kier alpha value is -2.27. The highest BCUT2D eigenvalue weighted by atomic mass is 35.5. The molecule has 0 aliphatic heterocycles. The Morgan fingerprint density at radius 2 is 1.87 bits per heavy atom. The highest BCUT2D eigenvalue weighted by Crippen LogP contribution is 2.11. The Morgan fingerprint density at radius 3 is 2.48 bits per heavy atom. The van der Waals surface area contributed by atoms with Gasteiger partial charge in [0.1, 0.15) is 10.9 Å². The molecule has 23 heavy (non-hydrogen) atoms. The van der Waals surface area contributed by atoms with Crippen LogP contribution in [0.1, 0.15) is 18.1 Å². The summed E-state index contributed by atoms with van der Waals surface area (Å²) in [4.78, 5) is 8.61. The fraction of sp³-hybridized carbons (Fsp3) is 0.294. The Balaban J connectivity index is 1.93. The van der Waals surface area contributed by atoms with Gasteiger partial charge in [-0.25, -0.2) is 9.98 Å². The number of pyridine rings is 1. The van der Waals surface area contributed by atoms with Gasteiger partial charge in [-0.15, -0.1) is 0 Å². The van der Waals surface area contributed by atoms with Crippen LogP contribution in [-0.2, 0) is 13.1 Å². The molecule has 0 saturated heterocycles. The maximum absolute atomic E-state index is 5.78. The van der Waals surface area contributed by atoms with Crippen LogP contribution >= 0.6 is 11.6 Å². The first-order valence-corrected chi connectivity index (χ1v) is 7.84. The molecule has 2 aromatic rings. The normalized spacial score (nSPS) is 11.2. The lowest BCUT2D eigenvalue weighted by Gasteiger charge is -2.11. The van der Waals surface area contributed by atoms with E-state index in [9.17, 15) is 0 Å². The summed E-state index contributed by atoms with van der Waals surface area (Å²) < 4.78 is 5.16. The van der Waals surface area contributed by atoms with Crippen molar-refractivity contribution in [1.82, 2.24) is 15.6 Å². The standard InChI is InChI=1S/C17H21ClN4O/c1-3-19-17(22-12-14-6-9-16(18)20-11-14)21-10-13-4-7-15(23-2)8-5-13/h4-9,11H,3,10,12H2,1-2H3,(H2,19,21,22). The number of halogens is 1. The summed E-state index contributed by atoms with van der Waals surface area (Å²) in [5, 5.41) is 7.02. The number of guanidine groups is 1.